The highest BCUT2D eigenvalue weighted by molar-refractivity contribution is 6.30. The molecule has 4 heteroatoms. The lowest BCUT2D eigenvalue weighted by Crippen LogP contribution is -2.22. The van der Waals surface area contributed by atoms with Gasteiger partial charge >= 0.3 is 11.9 Å². The van der Waals surface area contributed by atoms with Crippen LogP contribution in [0.25, 0.3) is 0 Å². The quantitative estimate of drug-likeness (QED) is 0.444. The van der Waals surface area contributed by atoms with Crippen molar-refractivity contribution < 1.29 is 19.1 Å². The third-order valence-corrected chi connectivity index (χ3v) is 1.98. The molecule has 0 heterocycles. The summed E-state index contributed by atoms with van der Waals surface area (Å²) in [7, 11) is 0. The van der Waals surface area contributed by atoms with Gasteiger partial charge in [-0.1, -0.05) is 19.1 Å². The number of rotatable bonds is 3. The van der Waals surface area contributed by atoms with Gasteiger partial charge in [0, 0.05) is 0 Å². The summed E-state index contributed by atoms with van der Waals surface area (Å²) in [5.41, 5.74) is 1.14. The SMILES string of the molecule is CCOC(=O)C(=O)Oc1ccc(CC)cc1. The molecule has 0 aliphatic rings. The summed E-state index contributed by atoms with van der Waals surface area (Å²) in [5.74, 6) is -1.62. The van der Waals surface area contributed by atoms with Gasteiger partial charge in [-0.05, 0) is 31.0 Å². The zero-order chi connectivity index (χ0) is 12.0. The third kappa shape index (κ3) is 3.38. The van der Waals surface area contributed by atoms with Crippen LogP contribution in [-0.2, 0) is 20.7 Å². The van der Waals surface area contributed by atoms with E-state index in [1.807, 2.05) is 19.1 Å². The summed E-state index contributed by atoms with van der Waals surface area (Å²) < 4.78 is 9.32. The first-order valence-corrected chi connectivity index (χ1v) is 5.15. The highest BCUT2D eigenvalue weighted by Gasteiger charge is 2.17. The van der Waals surface area contributed by atoms with E-state index in [4.69, 9.17) is 4.74 Å². The molecule has 0 aliphatic carbocycles. The molecule has 0 aliphatic heterocycles. The van der Waals surface area contributed by atoms with Crippen LogP contribution in [0, 0.1) is 0 Å². The summed E-state index contributed by atoms with van der Waals surface area (Å²) in [5, 5.41) is 0. The van der Waals surface area contributed by atoms with Crippen molar-refractivity contribution in [3.05, 3.63) is 29.8 Å². The zero-order valence-electron chi connectivity index (χ0n) is 9.36. The molecule has 1 rings (SSSR count). The summed E-state index contributed by atoms with van der Waals surface area (Å²) >= 11 is 0. The van der Waals surface area contributed by atoms with Crippen molar-refractivity contribution in [3.63, 3.8) is 0 Å². The van der Waals surface area contributed by atoms with E-state index in [1.54, 1.807) is 19.1 Å². The van der Waals surface area contributed by atoms with E-state index in [2.05, 4.69) is 4.74 Å². The number of ether oxygens (including phenoxy) is 2. The van der Waals surface area contributed by atoms with Crippen molar-refractivity contribution in [2.75, 3.05) is 6.61 Å². The van der Waals surface area contributed by atoms with Crippen molar-refractivity contribution >= 4 is 11.9 Å². The lowest BCUT2D eigenvalue weighted by Gasteiger charge is -2.04. The second kappa shape index (κ2) is 5.90. The standard InChI is InChI=1S/C12H14O4/c1-3-9-5-7-10(8-6-9)16-12(14)11(13)15-4-2/h5-8H,3-4H2,1-2H3. The molecule has 0 saturated heterocycles. The molecule has 0 amide bonds. The Kier molecular flexibility index (Phi) is 4.51. The zero-order valence-corrected chi connectivity index (χ0v) is 9.36. The molecule has 0 N–H and O–H groups in total. The molecule has 0 unspecified atom stereocenters. The lowest BCUT2D eigenvalue weighted by molar-refractivity contribution is -0.161. The molecule has 0 aromatic heterocycles. The molecular formula is C12H14O4. The van der Waals surface area contributed by atoms with E-state index >= 15 is 0 Å². The van der Waals surface area contributed by atoms with Gasteiger partial charge in [0.2, 0.25) is 0 Å². The van der Waals surface area contributed by atoms with Crippen LogP contribution in [-0.4, -0.2) is 18.5 Å². The molecule has 0 spiro atoms. The Labute approximate surface area is 94.2 Å². The molecule has 0 fully saturated rings. The second-order valence-electron chi connectivity index (χ2n) is 3.11. The smallest absolute Gasteiger partial charge is 0.422 e. The van der Waals surface area contributed by atoms with Gasteiger partial charge in [-0.3, -0.25) is 0 Å². The van der Waals surface area contributed by atoms with Crippen molar-refractivity contribution in [2.45, 2.75) is 20.3 Å². The Bertz CT molecular complexity index is 367. The third-order valence-electron chi connectivity index (χ3n) is 1.98. The van der Waals surface area contributed by atoms with Crippen LogP contribution in [0.3, 0.4) is 0 Å². The van der Waals surface area contributed by atoms with E-state index in [0.29, 0.717) is 5.75 Å². The van der Waals surface area contributed by atoms with Crippen molar-refractivity contribution in [1.29, 1.82) is 0 Å². The van der Waals surface area contributed by atoms with Crippen LogP contribution in [0.15, 0.2) is 24.3 Å². The predicted octanol–water partition coefficient (Wildman–Crippen LogP) is 1.72. The molecule has 0 bridgehead atoms. The van der Waals surface area contributed by atoms with Gasteiger partial charge < -0.3 is 9.47 Å². The Hall–Kier alpha value is -1.84. The van der Waals surface area contributed by atoms with E-state index < -0.39 is 11.9 Å². The summed E-state index contributed by atoms with van der Waals surface area (Å²) in [6.45, 7) is 3.81. The maximum atomic E-state index is 11.2. The van der Waals surface area contributed by atoms with Crippen LogP contribution >= 0.6 is 0 Å². The second-order valence-corrected chi connectivity index (χ2v) is 3.11. The maximum Gasteiger partial charge on any atom is 0.422 e. The van der Waals surface area contributed by atoms with Gasteiger partial charge in [-0.2, -0.15) is 0 Å². The summed E-state index contributed by atoms with van der Waals surface area (Å²) in [6.07, 6.45) is 0.909. The number of carbonyl (C=O) groups excluding carboxylic acids is 2. The first-order valence-electron chi connectivity index (χ1n) is 5.15. The minimum absolute atomic E-state index is 0.155. The van der Waals surface area contributed by atoms with Gasteiger partial charge in [0.05, 0.1) is 6.61 Å². The van der Waals surface area contributed by atoms with E-state index in [1.165, 1.54) is 0 Å². The van der Waals surface area contributed by atoms with E-state index in [-0.39, 0.29) is 6.61 Å². The fraction of sp³-hybridized carbons (Fsp3) is 0.333. The molecule has 0 radical (unpaired) electrons. The average Bonchev–Trinajstić information content (AvgIpc) is 2.30. The number of esters is 2. The molecular weight excluding hydrogens is 208 g/mol. The molecule has 0 atom stereocenters. The van der Waals surface area contributed by atoms with Gasteiger partial charge in [-0.15, -0.1) is 0 Å². The molecule has 0 saturated carbocycles. The van der Waals surface area contributed by atoms with Gasteiger partial charge in [0.25, 0.3) is 0 Å². The summed E-state index contributed by atoms with van der Waals surface area (Å²) in [4.78, 5) is 22.1. The van der Waals surface area contributed by atoms with Crippen molar-refractivity contribution in [1.82, 2.24) is 0 Å². The van der Waals surface area contributed by atoms with Gasteiger partial charge in [0.1, 0.15) is 5.75 Å². The summed E-state index contributed by atoms with van der Waals surface area (Å²) in [6, 6.07) is 6.98. The normalized spacial score (nSPS) is 9.62. The number of carbonyl (C=O) groups is 2. The molecule has 86 valence electrons. The van der Waals surface area contributed by atoms with Crippen LogP contribution in [0.5, 0.6) is 5.75 Å². The van der Waals surface area contributed by atoms with E-state index in [0.717, 1.165) is 12.0 Å². The largest absolute Gasteiger partial charge is 0.458 e. The first-order chi connectivity index (χ1) is 7.67. The fourth-order valence-electron chi connectivity index (χ4n) is 1.13. The molecule has 16 heavy (non-hydrogen) atoms. The number of benzene rings is 1. The predicted molar refractivity (Wildman–Crippen MR) is 58.1 cm³/mol. The fourth-order valence-corrected chi connectivity index (χ4v) is 1.13. The van der Waals surface area contributed by atoms with Crippen molar-refractivity contribution in [3.8, 4) is 5.75 Å². The Balaban J connectivity index is 2.59. The number of hydrogen-bond acceptors (Lipinski definition) is 4. The van der Waals surface area contributed by atoms with Crippen molar-refractivity contribution in [2.24, 2.45) is 0 Å². The first kappa shape index (κ1) is 12.2. The Morgan fingerprint density at radius 1 is 1.06 bits per heavy atom. The minimum Gasteiger partial charge on any atom is -0.458 e. The highest BCUT2D eigenvalue weighted by Crippen LogP contribution is 2.12. The van der Waals surface area contributed by atoms with Crippen LogP contribution < -0.4 is 4.74 Å². The van der Waals surface area contributed by atoms with Gasteiger partial charge in [-0.25, -0.2) is 9.59 Å². The average molecular weight is 222 g/mol. The monoisotopic (exact) mass is 222 g/mol. The Morgan fingerprint density at radius 2 is 1.69 bits per heavy atom. The molecule has 1 aromatic rings. The van der Waals surface area contributed by atoms with Crippen LogP contribution in [0.2, 0.25) is 0 Å². The topological polar surface area (TPSA) is 52.6 Å². The Morgan fingerprint density at radius 3 is 2.19 bits per heavy atom. The number of hydrogen-bond donors (Lipinski definition) is 0. The number of aryl methyl sites for hydroxylation is 1. The van der Waals surface area contributed by atoms with Gasteiger partial charge in [0.15, 0.2) is 0 Å². The van der Waals surface area contributed by atoms with Crippen LogP contribution in [0.1, 0.15) is 19.4 Å². The lowest BCUT2D eigenvalue weighted by atomic mass is 10.2. The molecule has 1 aromatic carbocycles. The highest BCUT2D eigenvalue weighted by atomic mass is 16.6. The van der Waals surface area contributed by atoms with E-state index in [9.17, 15) is 9.59 Å². The van der Waals surface area contributed by atoms with Crippen LogP contribution in [0.4, 0.5) is 0 Å². The molecule has 4 nitrogen and oxygen atoms in total. The minimum atomic E-state index is -0.994. The maximum absolute atomic E-state index is 11.2.